The Hall–Kier alpha value is -3.55. The van der Waals surface area contributed by atoms with Crippen molar-refractivity contribution in [2.45, 2.75) is 19.8 Å². The standard InChI is InChI=1S/C22H22FN5O2/c1-14-4-5-17(11-18(14)23)25-21(29)16-3-2-10-28(13-16)22(30)20-12-19(26-27-20)15-6-8-24-9-7-15/h4-9,11-12,16H,2-3,10,13H2,1H3,(H,25,29)(H,26,27). The lowest BCUT2D eigenvalue weighted by atomic mass is 9.96. The highest BCUT2D eigenvalue weighted by Gasteiger charge is 2.30. The zero-order valence-corrected chi connectivity index (χ0v) is 16.6. The van der Waals surface area contributed by atoms with Gasteiger partial charge in [-0.2, -0.15) is 5.10 Å². The number of hydrogen-bond acceptors (Lipinski definition) is 4. The van der Waals surface area contributed by atoms with Crippen LogP contribution in [0.15, 0.2) is 48.8 Å². The first-order chi connectivity index (χ1) is 14.5. The number of amides is 2. The molecule has 1 fully saturated rings. The zero-order chi connectivity index (χ0) is 21.1. The summed E-state index contributed by atoms with van der Waals surface area (Å²) in [4.78, 5) is 31.2. The Morgan fingerprint density at radius 2 is 2.00 bits per heavy atom. The van der Waals surface area contributed by atoms with Gasteiger partial charge in [-0.3, -0.25) is 19.7 Å². The molecule has 1 unspecified atom stereocenters. The number of hydrogen-bond donors (Lipinski definition) is 2. The SMILES string of the molecule is Cc1ccc(NC(=O)C2CCCN(C(=O)c3cc(-c4ccncc4)n[nH]3)C2)cc1F. The summed E-state index contributed by atoms with van der Waals surface area (Å²) >= 11 is 0. The van der Waals surface area contributed by atoms with Crippen LogP contribution in [0.25, 0.3) is 11.3 Å². The second-order valence-electron chi connectivity index (χ2n) is 7.45. The largest absolute Gasteiger partial charge is 0.337 e. The van der Waals surface area contributed by atoms with E-state index in [-0.39, 0.29) is 23.5 Å². The van der Waals surface area contributed by atoms with Gasteiger partial charge < -0.3 is 10.2 Å². The first-order valence-corrected chi connectivity index (χ1v) is 9.83. The molecule has 154 valence electrons. The minimum atomic E-state index is -0.363. The number of aromatic nitrogens is 3. The highest BCUT2D eigenvalue weighted by molar-refractivity contribution is 5.95. The van der Waals surface area contributed by atoms with Crippen molar-refractivity contribution in [2.75, 3.05) is 18.4 Å². The third kappa shape index (κ3) is 4.22. The smallest absolute Gasteiger partial charge is 0.271 e. The first kappa shape index (κ1) is 19.8. The summed E-state index contributed by atoms with van der Waals surface area (Å²) < 4.78 is 13.7. The van der Waals surface area contributed by atoms with E-state index in [1.165, 1.54) is 6.07 Å². The number of rotatable bonds is 4. The predicted molar refractivity (Wildman–Crippen MR) is 110 cm³/mol. The van der Waals surface area contributed by atoms with E-state index in [9.17, 15) is 14.0 Å². The van der Waals surface area contributed by atoms with Crippen LogP contribution in [0.3, 0.4) is 0 Å². The molecule has 3 aromatic rings. The molecule has 1 aliphatic rings. The third-order valence-corrected chi connectivity index (χ3v) is 5.30. The molecule has 1 atom stereocenters. The molecule has 0 bridgehead atoms. The van der Waals surface area contributed by atoms with Crippen LogP contribution < -0.4 is 5.32 Å². The molecular formula is C22H22FN5O2. The molecule has 3 heterocycles. The summed E-state index contributed by atoms with van der Waals surface area (Å²) in [7, 11) is 0. The van der Waals surface area contributed by atoms with Crippen LogP contribution in [0.5, 0.6) is 0 Å². The number of aryl methyl sites for hydroxylation is 1. The van der Waals surface area contributed by atoms with Crippen LogP contribution in [0.2, 0.25) is 0 Å². The first-order valence-electron chi connectivity index (χ1n) is 9.83. The number of H-pyrrole nitrogens is 1. The number of anilines is 1. The molecule has 2 amide bonds. The van der Waals surface area contributed by atoms with Gasteiger partial charge in [-0.1, -0.05) is 6.07 Å². The zero-order valence-electron chi connectivity index (χ0n) is 16.6. The number of benzene rings is 1. The molecule has 0 radical (unpaired) electrons. The van der Waals surface area contributed by atoms with Crippen LogP contribution in [0, 0.1) is 18.7 Å². The average Bonchev–Trinajstić information content (AvgIpc) is 3.27. The van der Waals surface area contributed by atoms with Gasteiger partial charge in [0.1, 0.15) is 11.5 Å². The molecular weight excluding hydrogens is 385 g/mol. The summed E-state index contributed by atoms with van der Waals surface area (Å²) in [6, 6.07) is 9.95. The van der Waals surface area contributed by atoms with Crippen molar-refractivity contribution in [1.29, 1.82) is 0 Å². The quantitative estimate of drug-likeness (QED) is 0.693. The lowest BCUT2D eigenvalue weighted by Gasteiger charge is -2.31. The van der Waals surface area contributed by atoms with Crippen molar-refractivity contribution in [2.24, 2.45) is 5.92 Å². The lowest BCUT2D eigenvalue weighted by molar-refractivity contribution is -0.121. The Morgan fingerprint density at radius 3 is 2.77 bits per heavy atom. The monoisotopic (exact) mass is 407 g/mol. The molecule has 4 rings (SSSR count). The van der Waals surface area contributed by atoms with Gasteiger partial charge in [0.2, 0.25) is 5.91 Å². The normalized spacial score (nSPS) is 16.3. The Balaban J connectivity index is 1.42. The average molecular weight is 407 g/mol. The van der Waals surface area contributed by atoms with E-state index in [1.807, 2.05) is 12.1 Å². The molecule has 0 aliphatic carbocycles. The highest BCUT2D eigenvalue weighted by atomic mass is 19.1. The van der Waals surface area contributed by atoms with Crippen LogP contribution in [-0.4, -0.2) is 45.0 Å². The van der Waals surface area contributed by atoms with Gasteiger partial charge >= 0.3 is 0 Å². The molecule has 0 spiro atoms. The van der Waals surface area contributed by atoms with Crippen molar-refractivity contribution >= 4 is 17.5 Å². The van der Waals surface area contributed by atoms with E-state index in [1.54, 1.807) is 42.4 Å². The molecule has 1 aliphatic heterocycles. The van der Waals surface area contributed by atoms with Gasteiger partial charge in [-0.15, -0.1) is 0 Å². The van der Waals surface area contributed by atoms with E-state index in [0.717, 1.165) is 12.0 Å². The molecule has 7 nitrogen and oxygen atoms in total. The maximum atomic E-state index is 13.7. The van der Waals surface area contributed by atoms with Gasteiger partial charge in [0.15, 0.2) is 0 Å². The molecule has 30 heavy (non-hydrogen) atoms. The van der Waals surface area contributed by atoms with Crippen LogP contribution in [-0.2, 0) is 4.79 Å². The molecule has 2 N–H and O–H groups in total. The number of carbonyl (C=O) groups excluding carboxylic acids is 2. The lowest BCUT2D eigenvalue weighted by Crippen LogP contribution is -2.43. The molecule has 0 saturated carbocycles. The minimum absolute atomic E-state index is 0.193. The van der Waals surface area contributed by atoms with Crippen LogP contribution >= 0.6 is 0 Å². The molecule has 2 aromatic heterocycles. The summed E-state index contributed by atoms with van der Waals surface area (Å²) in [6.45, 7) is 2.55. The van der Waals surface area contributed by atoms with Gasteiger partial charge in [0.05, 0.1) is 11.6 Å². The van der Waals surface area contributed by atoms with Crippen molar-refractivity contribution in [1.82, 2.24) is 20.1 Å². The van der Waals surface area contributed by atoms with Gasteiger partial charge in [0.25, 0.3) is 5.91 Å². The fourth-order valence-electron chi connectivity index (χ4n) is 3.56. The number of nitrogens with zero attached hydrogens (tertiary/aromatic N) is 3. The molecule has 1 saturated heterocycles. The van der Waals surface area contributed by atoms with Gasteiger partial charge in [-0.05, 0) is 55.7 Å². The van der Waals surface area contributed by atoms with Crippen molar-refractivity contribution in [3.8, 4) is 11.3 Å². The predicted octanol–water partition coefficient (Wildman–Crippen LogP) is 3.41. The van der Waals surface area contributed by atoms with Gasteiger partial charge in [-0.25, -0.2) is 4.39 Å². The van der Waals surface area contributed by atoms with E-state index in [0.29, 0.717) is 42.1 Å². The summed E-state index contributed by atoms with van der Waals surface area (Å²) in [5.41, 5.74) is 2.84. The van der Waals surface area contributed by atoms with E-state index in [2.05, 4.69) is 20.5 Å². The second kappa shape index (κ2) is 8.44. The minimum Gasteiger partial charge on any atom is -0.337 e. The van der Waals surface area contributed by atoms with Crippen molar-refractivity contribution in [3.05, 3.63) is 65.9 Å². The van der Waals surface area contributed by atoms with E-state index < -0.39 is 0 Å². The van der Waals surface area contributed by atoms with Gasteiger partial charge in [0, 0.05) is 36.7 Å². The number of aromatic amines is 1. The Labute approximate surface area is 173 Å². The topological polar surface area (TPSA) is 91.0 Å². The number of nitrogens with one attached hydrogen (secondary N) is 2. The Bertz CT molecular complexity index is 1070. The Kier molecular flexibility index (Phi) is 5.56. The number of pyridine rings is 1. The summed E-state index contributed by atoms with van der Waals surface area (Å²) in [5, 5.41) is 9.77. The molecule has 1 aromatic carbocycles. The summed E-state index contributed by atoms with van der Waals surface area (Å²) in [6.07, 6.45) is 4.73. The van der Waals surface area contributed by atoms with Crippen LogP contribution in [0.1, 0.15) is 28.9 Å². The fraction of sp³-hybridized carbons (Fsp3) is 0.273. The number of halogens is 1. The van der Waals surface area contributed by atoms with Crippen molar-refractivity contribution in [3.63, 3.8) is 0 Å². The number of piperidine rings is 1. The van der Waals surface area contributed by atoms with E-state index >= 15 is 0 Å². The summed E-state index contributed by atoms with van der Waals surface area (Å²) in [5.74, 6) is -1.12. The third-order valence-electron chi connectivity index (χ3n) is 5.30. The fourth-order valence-corrected chi connectivity index (χ4v) is 3.56. The second-order valence-corrected chi connectivity index (χ2v) is 7.45. The molecule has 8 heteroatoms. The maximum Gasteiger partial charge on any atom is 0.271 e. The Morgan fingerprint density at radius 1 is 1.20 bits per heavy atom. The van der Waals surface area contributed by atoms with Crippen molar-refractivity contribution < 1.29 is 14.0 Å². The number of carbonyl (C=O) groups is 2. The highest BCUT2D eigenvalue weighted by Crippen LogP contribution is 2.23. The van der Waals surface area contributed by atoms with E-state index in [4.69, 9.17) is 0 Å². The maximum absolute atomic E-state index is 13.7. The van der Waals surface area contributed by atoms with Crippen LogP contribution in [0.4, 0.5) is 10.1 Å². The number of likely N-dealkylation sites (tertiary alicyclic amines) is 1.